The molecule has 0 aromatic heterocycles. The third-order valence-electron chi connectivity index (χ3n) is 4.58. The van der Waals surface area contributed by atoms with Crippen molar-refractivity contribution in [1.82, 2.24) is 9.80 Å². The number of amides is 1. The molecule has 5 heteroatoms. The molecule has 2 saturated heterocycles. The van der Waals surface area contributed by atoms with Crippen LogP contribution in [0.15, 0.2) is 24.3 Å². The fraction of sp³-hybridized carbons (Fsp3) is 0.588. The van der Waals surface area contributed by atoms with Crippen molar-refractivity contribution in [3.63, 3.8) is 0 Å². The highest BCUT2D eigenvalue weighted by Gasteiger charge is 2.38. The maximum absolute atomic E-state index is 12.9. The summed E-state index contributed by atoms with van der Waals surface area (Å²) in [5.74, 6) is 0.626. The zero-order valence-corrected chi connectivity index (χ0v) is 13.0. The highest BCUT2D eigenvalue weighted by atomic mass is 19.1. The number of likely N-dealkylation sites (tertiary alicyclic amines) is 2. The number of rotatable bonds is 4. The molecule has 3 rings (SSSR count). The molecular weight excluding hydrogens is 283 g/mol. The number of halogens is 1. The molecule has 2 heterocycles. The molecule has 1 aromatic carbocycles. The summed E-state index contributed by atoms with van der Waals surface area (Å²) in [5, 5.41) is 0. The van der Waals surface area contributed by atoms with E-state index in [0.717, 1.165) is 25.9 Å². The first-order chi connectivity index (χ1) is 10.7. The summed E-state index contributed by atoms with van der Waals surface area (Å²) in [6.07, 6.45) is 3.31. The molecule has 2 aliphatic rings. The molecule has 0 unspecified atom stereocenters. The fourth-order valence-electron chi connectivity index (χ4n) is 3.26. The number of hydrogen-bond donors (Lipinski definition) is 0. The van der Waals surface area contributed by atoms with Crippen LogP contribution in [0.3, 0.4) is 0 Å². The van der Waals surface area contributed by atoms with Gasteiger partial charge in [-0.3, -0.25) is 9.69 Å². The first-order valence-electron chi connectivity index (χ1n) is 8.12. The minimum absolute atomic E-state index is 0.0214. The number of benzene rings is 1. The van der Waals surface area contributed by atoms with Crippen LogP contribution >= 0.6 is 0 Å². The lowest BCUT2D eigenvalue weighted by Gasteiger charge is -2.43. The summed E-state index contributed by atoms with van der Waals surface area (Å²) in [6.45, 7) is 5.33. The van der Waals surface area contributed by atoms with Gasteiger partial charge in [-0.1, -0.05) is 13.3 Å². The highest BCUT2D eigenvalue weighted by Crippen LogP contribution is 2.23. The number of piperidine rings is 1. The van der Waals surface area contributed by atoms with Gasteiger partial charge in [0.15, 0.2) is 0 Å². The second-order valence-corrected chi connectivity index (χ2v) is 6.08. The minimum atomic E-state index is -0.269. The molecule has 1 atom stereocenters. The van der Waals surface area contributed by atoms with Crippen LogP contribution in [-0.2, 0) is 4.79 Å². The van der Waals surface area contributed by atoms with Gasteiger partial charge in [0.1, 0.15) is 17.7 Å². The van der Waals surface area contributed by atoms with E-state index in [-0.39, 0.29) is 23.9 Å². The van der Waals surface area contributed by atoms with Crippen molar-refractivity contribution in [1.29, 1.82) is 0 Å². The Morgan fingerprint density at radius 2 is 2.00 bits per heavy atom. The molecule has 1 amide bonds. The van der Waals surface area contributed by atoms with Crippen LogP contribution < -0.4 is 4.74 Å². The SMILES string of the molecule is CCN1CCCC[C@@H]1C(=O)N1CC(Oc2ccc(F)cc2)C1. The Balaban J connectivity index is 1.50. The largest absolute Gasteiger partial charge is 0.487 e. The van der Waals surface area contributed by atoms with Gasteiger partial charge in [-0.15, -0.1) is 0 Å². The van der Waals surface area contributed by atoms with Crippen molar-refractivity contribution >= 4 is 5.91 Å². The molecule has 0 N–H and O–H groups in total. The summed E-state index contributed by atoms with van der Waals surface area (Å²) in [7, 11) is 0. The summed E-state index contributed by atoms with van der Waals surface area (Å²) < 4.78 is 18.6. The lowest BCUT2D eigenvalue weighted by atomic mass is 9.99. The summed E-state index contributed by atoms with van der Waals surface area (Å²) in [4.78, 5) is 16.7. The summed E-state index contributed by atoms with van der Waals surface area (Å²) >= 11 is 0. The second kappa shape index (κ2) is 6.65. The lowest BCUT2D eigenvalue weighted by Crippen LogP contribution is -2.61. The third kappa shape index (κ3) is 3.24. The van der Waals surface area contributed by atoms with Crippen LogP contribution in [0.2, 0.25) is 0 Å². The molecule has 0 saturated carbocycles. The van der Waals surface area contributed by atoms with Gasteiger partial charge in [0.25, 0.3) is 0 Å². The van der Waals surface area contributed by atoms with Gasteiger partial charge >= 0.3 is 0 Å². The van der Waals surface area contributed by atoms with E-state index >= 15 is 0 Å². The van der Waals surface area contributed by atoms with E-state index < -0.39 is 0 Å². The molecule has 2 aliphatic heterocycles. The predicted molar refractivity (Wildman–Crippen MR) is 82.3 cm³/mol. The van der Waals surface area contributed by atoms with Gasteiger partial charge in [0.2, 0.25) is 5.91 Å². The summed E-state index contributed by atoms with van der Waals surface area (Å²) in [5.41, 5.74) is 0. The molecule has 1 aromatic rings. The first kappa shape index (κ1) is 15.3. The van der Waals surface area contributed by atoms with Crippen molar-refractivity contribution in [2.24, 2.45) is 0 Å². The third-order valence-corrected chi connectivity index (χ3v) is 4.58. The maximum Gasteiger partial charge on any atom is 0.240 e. The van der Waals surface area contributed by atoms with E-state index in [0.29, 0.717) is 18.8 Å². The first-order valence-corrected chi connectivity index (χ1v) is 8.12. The van der Waals surface area contributed by atoms with Crippen LogP contribution in [0, 0.1) is 5.82 Å². The fourth-order valence-corrected chi connectivity index (χ4v) is 3.26. The second-order valence-electron chi connectivity index (χ2n) is 6.08. The molecular formula is C17H23FN2O2. The Hall–Kier alpha value is -1.62. The number of carbonyl (C=O) groups is 1. The van der Waals surface area contributed by atoms with Crippen LogP contribution in [0.1, 0.15) is 26.2 Å². The molecule has 0 bridgehead atoms. The average molecular weight is 306 g/mol. The smallest absolute Gasteiger partial charge is 0.240 e. The Kier molecular flexibility index (Phi) is 4.62. The standard InChI is InChI=1S/C17H23FN2O2/c1-2-19-10-4-3-5-16(19)17(21)20-11-15(12-20)22-14-8-6-13(18)7-9-14/h6-9,15-16H,2-5,10-12H2,1H3/t16-/m1/s1. The van der Waals surface area contributed by atoms with Crippen LogP contribution in [0.25, 0.3) is 0 Å². The zero-order chi connectivity index (χ0) is 15.5. The quantitative estimate of drug-likeness (QED) is 0.855. The predicted octanol–water partition coefficient (Wildman–Crippen LogP) is 2.29. The summed E-state index contributed by atoms with van der Waals surface area (Å²) in [6, 6.07) is 6.07. The number of carbonyl (C=O) groups excluding carboxylic acids is 1. The molecule has 4 nitrogen and oxygen atoms in total. The molecule has 120 valence electrons. The monoisotopic (exact) mass is 306 g/mol. The molecule has 0 spiro atoms. The Bertz CT molecular complexity index is 514. The molecule has 22 heavy (non-hydrogen) atoms. The van der Waals surface area contributed by atoms with E-state index in [9.17, 15) is 9.18 Å². The molecule has 2 fully saturated rings. The number of hydrogen-bond acceptors (Lipinski definition) is 3. The van der Waals surface area contributed by atoms with E-state index in [1.54, 1.807) is 12.1 Å². The normalized spacial score (nSPS) is 23.2. The van der Waals surface area contributed by atoms with E-state index in [2.05, 4.69) is 11.8 Å². The number of nitrogens with zero attached hydrogens (tertiary/aromatic N) is 2. The van der Waals surface area contributed by atoms with Gasteiger partial charge < -0.3 is 9.64 Å². The van der Waals surface area contributed by atoms with Crippen molar-refractivity contribution in [2.45, 2.75) is 38.3 Å². The Morgan fingerprint density at radius 3 is 2.68 bits per heavy atom. The van der Waals surface area contributed by atoms with E-state index in [4.69, 9.17) is 4.74 Å². The maximum atomic E-state index is 12.9. The van der Waals surface area contributed by atoms with E-state index in [1.807, 2.05) is 4.90 Å². The topological polar surface area (TPSA) is 32.8 Å². The van der Waals surface area contributed by atoms with Crippen LogP contribution in [0.4, 0.5) is 4.39 Å². The van der Waals surface area contributed by atoms with Gasteiger partial charge in [-0.05, 0) is 50.2 Å². The lowest BCUT2D eigenvalue weighted by molar-refractivity contribution is -0.147. The average Bonchev–Trinajstić information content (AvgIpc) is 2.51. The van der Waals surface area contributed by atoms with Gasteiger partial charge in [-0.2, -0.15) is 0 Å². The number of ether oxygens (including phenoxy) is 1. The van der Waals surface area contributed by atoms with Crippen molar-refractivity contribution in [2.75, 3.05) is 26.2 Å². The molecule has 0 radical (unpaired) electrons. The Morgan fingerprint density at radius 1 is 1.27 bits per heavy atom. The minimum Gasteiger partial charge on any atom is -0.487 e. The van der Waals surface area contributed by atoms with Crippen LogP contribution in [-0.4, -0.2) is 54.0 Å². The van der Waals surface area contributed by atoms with Gasteiger partial charge in [0, 0.05) is 0 Å². The zero-order valence-electron chi connectivity index (χ0n) is 13.0. The van der Waals surface area contributed by atoms with Crippen molar-refractivity contribution < 1.29 is 13.9 Å². The van der Waals surface area contributed by atoms with E-state index in [1.165, 1.54) is 18.6 Å². The van der Waals surface area contributed by atoms with Gasteiger partial charge in [-0.25, -0.2) is 4.39 Å². The molecule has 0 aliphatic carbocycles. The van der Waals surface area contributed by atoms with Crippen molar-refractivity contribution in [3.05, 3.63) is 30.1 Å². The van der Waals surface area contributed by atoms with Gasteiger partial charge in [0.05, 0.1) is 19.1 Å². The Labute approximate surface area is 130 Å². The van der Waals surface area contributed by atoms with Crippen molar-refractivity contribution in [3.8, 4) is 5.75 Å². The number of likely N-dealkylation sites (N-methyl/N-ethyl adjacent to an activating group) is 1. The highest BCUT2D eigenvalue weighted by molar-refractivity contribution is 5.82. The van der Waals surface area contributed by atoms with Crippen LogP contribution in [0.5, 0.6) is 5.75 Å².